The minimum absolute atomic E-state index is 0.0264. The molecule has 30 heavy (non-hydrogen) atoms. The summed E-state index contributed by atoms with van der Waals surface area (Å²) in [5, 5.41) is 12.0. The van der Waals surface area contributed by atoms with Crippen LogP contribution in [-0.4, -0.2) is 73.5 Å². The number of anilines is 1. The highest BCUT2D eigenvalue weighted by Gasteiger charge is 2.34. The van der Waals surface area contributed by atoms with Crippen LogP contribution in [0.1, 0.15) is 27.7 Å². The molecule has 2 N–H and O–H groups in total. The highest BCUT2D eigenvalue weighted by atomic mass is 32.2. The number of nitrogens with zero attached hydrogens (tertiary/aromatic N) is 2. The number of carbonyl (C=O) groups excluding carboxylic acids is 2. The fourth-order valence-electron chi connectivity index (χ4n) is 3.48. The molecule has 0 atom stereocenters. The molecule has 0 aliphatic carbocycles. The van der Waals surface area contributed by atoms with Crippen molar-refractivity contribution in [1.29, 1.82) is 0 Å². The first-order valence-corrected chi connectivity index (χ1v) is 11.1. The molecular formula is C20H29N3O6S. The number of aliphatic hydroxyl groups excluding tert-OH is 1. The second-order valence-corrected chi connectivity index (χ2v) is 9.31. The fourth-order valence-corrected chi connectivity index (χ4v) is 5.31. The standard InChI is InChI=1S/C20H29N3O6S/c1-13(2)23(14(3)4)30(27,28)16-8-6-15(7-9-16)21-18-17(20(26)29-5)12-22(10-11-24)19(18)25/h6-9,13-14,21,24H,10-12H2,1-5H3. The van der Waals surface area contributed by atoms with E-state index in [9.17, 15) is 18.0 Å². The summed E-state index contributed by atoms with van der Waals surface area (Å²) in [6, 6.07) is 5.59. The van der Waals surface area contributed by atoms with Crippen molar-refractivity contribution in [3.63, 3.8) is 0 Å². The number of aliphatic hydroxyl groups is 1. The number of methoxy groups -OCH3 is 1. The molecule has 0 unspecified atom stereocenters. The van der Waals surface area contributed by atoms with Gasteiger partial charge in [0.15, 0.2) is 0 Å². The molecule has 0 spiro atoms. The zero-order valence-electron chi connectivity index (χ0n) is 17.9. The van der Waals surface area contributed by atoms with Crippen LogP contribution >= 0.6 is 0 Å². The summed E-state index contributed by atoms with van der Waals surface area (Å²) >= 11 is 0. The molecule has 0 bridgehead atoms. The SMILES string of the molecule is COC(=O)C1=C(Nc2ccc(S(=O)(=O)N(C(C)C)C(C)C)cc2)C(=O)N(CCO)C1. The van der Waals surface area contributed by atoms with Crippen LogP contribution in [0.15, 0.2) is 40.4 Å². The van der Waals surface area contributed by atoms with E-state index in [1.54, 1.807) is 0 Å². The molecule has 2 rings (SSSR count). The van der Waals surface area contributed by atoms with Crippen LogP contribution < -0.4 is 5.32 Å². The molecule has 1 aromatic carbocycles. The molecule has 9 nitrogen and oxygen atoms in total. The third-order valence-corrected chi connectivity index (χ3v) is 6.94. The molecule has 0 saturated carbocycles. The van der Waals surface area contributed by atoms with Gasteiger partial charge in [0.1, 0.15) is 5.70 Å². The number of benzene rings is 1. The van der Waals surface area contributed by atoms with Crippen molar-refractivity contribution in [2.24, 2.45) is 0 Å². The van der Waals surface area contributed by atoms with Crippen LogP contribution in [0.5, 0.6) is 0 Å². The molecule has 0 saturated heterocycles. The predicted octanol–water partition coefficient (Wildman–Crippen LogP) is 1.17. The lowest BCUT2D eigenvalue weighted by Crippen LogP contribution is -2.41. The summed E-state index contributed by atoms with van der Waals surface area (Å²) in [6.07, 6.45) is 0. The monoisotopic (exact) mass is 439 g/mol. The summed E-state index contributed by atoms with van der Waals surface area (Å²) in [6.45, 7) is 7.15. The Balaban J connectivity index is 2.32. The van der Waals surface area contributed by atoms with Crippen LogP contribution in [0.3, 0.4) is 0 Å². The second-order valence-electron chi connectivity index (χ2n) is 7.47. The normalized spacial score (nSPS) is 15.0. The fraction of sp³-hybridized carbons (Fsp3) is 0.500. The van der Waals surface area contributed by atoms with Crippen LogP contribution in [0.4, 0.5) is 5.69 Å². The third kappa shape index (κ3) is 4.82. The molecule has 1 amide bonds. The van der Waals surface area contributed by atoms with Crippen molar-refractivity contribution < 1.29 is 27.9 Å². The lowest BCUT2D eigenvalue weighted by atomic mass is 10.2. The maximum absolute atomic E-state index is 13.0. The summed E-state index contributed by atoms with van der Waals surface area (Å²) in [4.78, 5) is 26.1. The minimum atomic E-state index is -3.68. The molecule has 1 aliphatic rings. The number of esters is 1. The van der Waals surface area contributed by atoms with Crippen molar-refractivity contribution in [2.45, 2.75) is 44.7 Å². The van der Waals surface area contributed by atoms with Crippen molar-refractivity contribution in [3.8, 4) is 0 Å². The van der Waals surface area contributed by atoms with E-state index in [-0.39, 0.29) is 47.9 Å². The zero-order chi connectivity index (χ0) is 22.6. The van der Waals surface area contributed by atoms with Gasteiger partial charge in [-0.25, -0.2) is 13.2 Å². The van der Waals surface area contributed by atoms with Gasteiger partial charge in [-0.05, 0) is 52.0 Å². The van der Waals surface area contributed by atoms with Crippen molar-refractivity contribution >= 4 is 27.6 Å². The predicted molar refractivity (Wildman–Crippen MR) is 112 cm³/mol. The van der Waals surface area contributed by atoms with Gasteiger partial charge in [0, 0.05) is 24.3 Å². The molecule has 0 radical (unpaired) electrons. The Morgan fingerprint density at radius 1 is 1.20 bits per heavy atom. The van der Waals surface area contributed by atoms with E-state index in [1.807, 2.05) is 27.7 Å². The Hall–Kier alpha value is -2.43. The van der Waals surface area contributed by atoms with E-state index in [1.165, 1.54) is 40.6 Å². The Morgan fingerprint density at radius 2 is 1.77 bits per heavy atom. The van der Waals surface area contributed by atoms with Gasteiger partial charge in [-0.1, -0.05) is 0 Å². The van der Waals surface area contributed by atoms with Gasteiger partial charge in [-0.15, -0.1) is 0 Å². The number of sulfonamides is 1. The molecule has 1 heterocycles. The Bertz CT molecular complexity index is 914. The van der Waals surface area contributed by atoms with E-state index in [2.05, 4.69) is 5.32 Å². The number of hydrogen-bond acceptors (Lipinski definition) is 7. The van der Waals surface area contributed by atoms with Gasteiger partial charge in [0.05, 0.1) is 30.7 Å². The van der Waals surface area contributed by atoms with Gasteiger partial charge in [0.2, 0.25) is 10.0 Å². The summed E-state index contributed by atoms with van der Waals surface area (Å²) in [5.41, 5.74) is 0.653. The highest BCUT2D eigenvalue weighted by molar-refractivity contribution is 7.89. The first-order chi connectivity index (χ1) is 14.0. The second kappa shape index (κ2) is 9.59. The molecule has 0 aromatic heterocycles. The average molecular weight is 440 g/mol. The van der Waals surface area contributed by atoms with E-state index in [4.69, 9.17) is 9.84 Å². The van der Waals surface area contributed by atoms with E-state index < -0.39 is 21.9 Å². The number of hydrogen-bond donors (Lipinski definition) is 2. The van der Waals surface area contributed by atoms with Crippen LogP contribution in [0.2, 0.25) is 0 Å². The van der Waals surface area contributed by atoms with Gasteiger partial charge in [-0.2, -0.15) is 4.31 Å². The average Bonchev–Trinajstić information content (AvgIpc) is 2.97. The zero-order valence-corrected chi connectivity index (χ0v) is 18.7. The Kier molecular flexibility index (Phi) is 7.62. The summed E-state index contributed by atoms with van der Waals surface area (Å²) in [5.74, 6) is -1.08. The first-order valence-electron chi connectivity index (χ1n) is 9.66. The van der Waals surface area contributed by atoms with Gasteiger partial charge in [-0.3, -0.25) is 4.79 Å². The Morgan fingerprint density at radius 3 is 2.23 bits per heavy atom. The number of rotatable bonds is 9. The molecule has 1 aliphatic heterocycles. The third-order valence-electron chi connectivity index (χ3n) is 4.67. The van der Waals surface area contributed by atoms with Crippen molar-refractivity contribution in [2.75, 3.05) is 32.1 Å². The van der Waals surface area contributed by atoms with Crippen molar-refractivity contribution in [3.05, 3.63) is 35.5 Å². The van der Waals surface area contributed by atoms with Crippen molar-refractivity contribution in [1.82, 2.24) is 9.21 Å². The first kappa shape index (κ1) is 23.8. The summed E-state index contributed by atoms with van der Waals surface area (Å²) < 4.78 is 32.1. The number of nitrogens with one attached hydrogen (secondary N) is 1. The molecule has 166 valence electrons. The van der Waals surface area contributed by atoms with E-state index >= 15 is 0 Å². The number of ether oxygens (including phenoxy) is 1. The molecule has 0 fully saturated rings. The maximum atomic E-state index is 13.0. The summed E-state index contributed by atoms with van der Waals surface area (Å²) in [7, 11) is -2.46. The maximum Gasteiger partial charge on any atom is 0.337 e. The Labute approximate surface area is 177 Å². The quantitative estimate of drug-likeness (QED) is 0.555. The van der Waals surface area contributed by atoms with E-state index in [0.717, 1.165) is 0 Å². The molecule has 1 aromatic rings. The lowest BCUT2D eigenvalue weighted by Gasteiger charge is -2.29. The topological polar surface area (TPSA) is 116 Å². The number of amides is 1. The van der Waals surface area contributed by atoms with Crippen LogP contribution in [-0.2, 0) is 24.3 Å². The molecular weight excluding hydrogens is 410 g/mol. The highest BCUT2D eigenvalue weighted by Crippen LogP contribution is 2.25. The molecule has 10 heteroatoms. The van der Waals surface area contributed by atoms with E-state index in [0.29, 0.717) is 5.69 Å². The van der Waals surface area contributed by atoms with Gasteiger partial charge >= 0.3 is 5.97 Å². The van der Waals surface area contributed by atoms with Crippen LogP contribution in [0, 0.1) is 0 Å². The van der Waals surface area contributed by atoms with Gasteiger partial charge in [0.25, 0.3) is 5.91 Å². The van der Waals surface area contributed by atoms with Crippen LogP contribution in [0.25, 0.3) is 0 Å². The minimum Gasteiger partial charge on any atom is -0.466 e. The largest absolute Gasteiger partial charge is 0.466 e. The number of β-amino-alcohol motifs (C(OH)–C–C–N with tert-alkyl or cyclic N) is 1. The number of carbonyl (C=O) groups is 2. The lowest BCUT2D eigenvalue weighted by molar-refractivity contribution is -0.136. The van der Waals surface area contributed by atoms with Gasteiger partial charge < -0.3 is 20.1 Å². The smallest absolute Gasteiger partial charge is 0.337 e.